The van der Waals surface area contributed by atoms with Crippen LogP contribution in [-0.4, -0.2) is 42.1 Å². The second-order valence-corrected chi connectivity index (χ2v) is 4.50. The zero-order chi connectivity index (χ0) is 10.3. The number of rotatable bonds is 1. The van der Waals surface area contributed by atoms with Crippen LogP contribution in [0.2, 0.25) is 0 Å². The van der Waals surface area contributed by atoms with Gasteiger partial charge in [-0.1, -0.05) is 0 Å². The summed E-state index contributed by atoms with van der Waals surface area (Å²) in [6, 6.07) is 1.13. The lowest BCUT2D eigenvalue weighted by molar-refractivity contribution is -0.147. The first kappa shape index (κ1) is 9.93. The van der Waals surface area contributed by atoms with Gasteiger partial charge in [0.15, 0.2) is 0 Å². The molecule has 2 aliphatic heterocycles. The van der Waals surface area contributed by atoms with E-state index in [0.717, 1.165) is 19.3 Å². The Kier molecular flexibility index (Phi) is 2.49. The molecular formula is C10H18N2O2. The lowest BCUT2D eigenvalue weighted by atomic mass is 9.99. The van der Waals surface area contributed by atoms with E-state index < -0.39 is 0 Å². The molecule has 0 unspecified atom stereocenters. The second-order valence-electron chi connectivity index (χ2n) is 4.50. The Labute approximate surface area is 84.4 Å². The van der Waals surface area contributed by atoms with E-state index >= 15 is 0 Å². The molecule has 4 atom stereocenters. The third kappa shape index (κ3) is 1.64. The second kappa shape index (κ2) is 3.51. The fourth-order valence-corrected chi connectivity index (χ4v) is 2.80. The smallest absolute Gasteiger partial charge is 0.302 e. The number of carbonyl (C=O) groups is 1. The monoisotopic (exact) mass is 198 g/mol. The molecule has 0 spiro atoms. The van der Waals surface area contributed by atoms with Crippen LogP contribution in [0.5, 0.6) is 0 Å². The van der Waals surface area contributed by atoms with Crippen molar-refractivity contribution in [3.63, 3.8) is 0 Å². The number of nitrogens with two attached hydrogens (primary N) is 1. The van der Waals surface area contributed by atoms with E-state index in [0.29, 0.717) is 12.1 Å². The summed E-state index contributed by atoms with van der Waals surface area (Å²) in [5.41, 5.74) is 5.94. The van der Waals surface area contributed by atoms with Gasteiger partial charge in [0.05, 0.1) is 0 Å². The summed E-state index contributed by atoms with van der Waals surface area (Å²) >= 11 is 0. The van der Waals surface area contributed by atoms with Crippen molar-refractivity contribution in [2.45, 2.75) is 50.4 Å². The number of likely N-dealkylation sites (N-methyl/N-ethyl adjacent to an activating group) is 1. The highest BCUT2D eigenvalue weighted by molar-refractivity contribution is 5.66. The minimum atomic E-state index is -0.176. The highest BCUT2D eigenvalue weighted by Gasteiger charge is 2.45. The lowest BCUT2D eigenvalue weighted by Crippen LogP contribution is -2.47. The van der Waals surface area contributed by atoms with Crippen LogP contribution in [0.4, 0.5) is 0 Å². The third-order valence-electron chi connectivity index (χ3n) is 3.47. The number of nitrogens with zero attached hydrogens (tertiary/aromatic N) is 1. The molecule has 2 heterocycles. The van der Waals surface area contributed by atoms with Gasteiger partial charge in [-0.3, -0.25) is 9.69 Å². The van der Waals surface area contributed by atoms with Crippen molar-refractivity contribution in [1.82, 2.24) is 4.90 Å². The van der Waals surface area contributed by atoms with E-state index in [9.17, 15) is 4.79 Å². The number of hydrogen-bond donors (Lipinski definition) is 1. The average Bonchev–Trinajstić information content (AvgIpc) is 2.30. The maximum Gasteiger partial charge on any atom is 0.302 e. The summed E-state index contributed by atoms with van der Waals surface area (Å²) < 4.78 is 5.31. The SMILES string of the molecule is CC(=O)O[C@@H]1C[C@H]2C[C@H](N)C[C@H]1N2C. The van der Waals surface area contributed by atoms with E-state index in [1.807, 2.05) is 0 Å². The maximum atomic E-state index is 10.9. The fraction of sp³-hybridized carbons (Fsp3) is 0.900. The Morgan fingerprint density at radius 2 is 2.14 bits per heavy atom. The van der Waals surface area contributed by atoms with Crippen LogP contribution in [0.1, 0.15) is 26.2 Å². The van der Waals surface area contributed by atoms with Gasteiger partial charge < -0.3 is 10.5 Å². The zero-order valence-electron chi connectivity index (χ0n) is 8.77. The van der Waals surface area contributed by atoms with Crippen molar-refractivity contribution in [2.75, 3.05) is 7.05 Å². The molecule has 2 aliphatic rings. The van der Waals surface area contributed by atoms with E-state index in [-0.39, 0.29) is 18.1 Å². The van der Waals surface area contributed by atoms with Crippen LogP contribution in [0.15, 0.2) is 0 Å². The lowest BCUT2D eigenvalue weighted by Gasteiger charge is -2.35. The Bertz CT molecular complexity index is 244. The molecule has 4 nitrogen and oxygen atoms in total. The van der Waals surface area contributed by atoms with Crippen LogP contribution in [-0.2, 0) is 9.53 Å². The Hall–Kier alpha value is -0.610. The predicted molar refractivity (Wildman–Crippen MR) is 52.7 cm³/mol. The van der Waals surface area contributed by atoms with Crippen molar-refractivity contribution < 1.29 is 9.53 Å². The molecule has 2 fully saturated rings. The molecule has 2 N–H and O–H groups in total. The predicted octanol–water partition coefficient (Wildman–Crippen LogP) is 0.112. The van der Waals surface area contributed by atoms with Crippen molar-refractivity contribution in [3.8, 4) is 0 Å². The van der Waals surface area contributed by atoms with Crippen molar-refractivity contribution in [2.24, 2.45) is 5.73 Å². The number of carbonyl (C=O) groups excluding carboxylic acids is 1. The number of hydrogen-bond acceptors (Lipinski definition) is 4. The number of ether oxygens (including phenoxy) is 1. The summed E-state index contributed by atoms with van der Waals surface area (Å²) in [7, 11) is 2.10. The molecule has 2 saturated heterocycles. The van der Waals surface area contributed by atoms with Crippen molar-refractivity contribution in [1.29, 1.82) is 0 Å². The molecule has 4 heteroatoms. The number of fused-ring (bicyclic) bond motifs is 2. The van der Waals surface area contributed by atoms with Gasteiger partial charge in [0, 0.05) is 31.5 Å². The van der Waals surface area contributed by atoms with Gasteiger partial charge in [0.1, 0.15) is 6.10 Å². The van der Waals surface area contributed by atoms with Gasteiger partial charge >= 0.3 is 5.97 Å². The summed E-state index contributed by atoms with van der Waals surface area (Å²) in [5, 5.41) is 0. The van der Waals surface area contributed by atoms with Gasteiger partial charge in [-0.05, 0) is 19.9 Å². The third-order valence-corrected chi connectivity index (χ3v) is 3.47. The molecule has 14 heavy (non-hydrogen) atoms. The molecule has 0 saturated carbocycles. The summed E-state index contributed by atoms with van der Waals surface area (Å²) in [6.45, 7) is 1.47. The standard InChI is InChI=1S/C10H18N2O2/c1-6(13)14-10-5-8-3-7(11)4-9(10)12(8)2/h7-10H,3-5,11H2,1-2H3/t7-,8+,9+,10+/m0/s1. The molecule has 2 rings (SSSR count). The Balaban J connectivity index is 2.05. The largest absolute Gasteiger partial charge is 0.461 e. The summed E-state index contributed by atoms with van der Waals surface area (Å²) in [5.74, 6) is -0.176. The van der Waals surface area contributed by atoms with E-state index in [4.69, 9.17) is 10.5 Å². The van der Waals surface area contributed by atoms with Crippen LogP contribution >= 0.6 is 0 Å². The van der Waals surface area contributed by atoms with Gasteiger partial charge in [-0.25, -0.2) is 0 Å². The van der Waals surface area contributed by atoms with E-state index in [1.165, 1.54) is 6.92 Å². The van der Waals surface area contributed by atoms with Crippen LogP contribution in [0, 0.1) is 0 Å². The van der Waals surface area contributed by atoms with Crippen LogP contribution in [0.25, 0.3) is 0 Å². The van der Waals surface area contributed by atoms with Gasteiger partial charge in [0.2, 0.25) is 0 Å². The van der Waals surface area contributed by atoms with E-state index in [1.54, 1.807) is 0 Å². The topological polar surface area (TPSA) is 55.6 Å². The fourth-order valence-electron chi connectivity index (χ4n) is 2.80. The Morgan fingerprint density at radius 1 is 1.43 bits per heavy atom. The molecule has 0 aliphatic carbocycles. The first-order valence-electron chi connectivity index (χ1n) is 5.22. The summed E-state index contributed by atoms with van der Waals surface area (Å²) in [6.07, 6.45) is 3.00. The molecule has 2 bridgehead atoms. The minimum Gasteiger partial charge on any atom is -0.461 e. The van der Waals surface area contributed by atoms with Gasteiger partial charge in [-0.2, -0.15) is 0 Å². The van der Waals surface area contributed by atoms with E-state index in [2.05, 4.69) is 11.9 Å². The number of piperidine rings is 1. The minimum absolute atomic E-state index is 0.0658. The maximum absolute atomic E-state index is 10.9. The average molecular weight is 198 g/mol. The summed E-state index contributed by atoms with van der Waals surface area (Å²) in [4.78, 5) is 13.2. The molecule has 0 aromatic heterocycles. The normalized spacial score (nSPS) is 42.5. The zero-order valence-corrected chi connectivity index (χ0v) is 8.77. The van der Waals surface area contributed by atoms with Crippen LogP contribution in [0.3, 0.4) is 0 Å². The highest BCUT2D eigenvalue weighted by Crippen LogP contribution is 2.35. The van der Waals surface area contributed by atoms with Gasteiger partial charge in [-0.15, -0.1) is 0 Å². The van der Waals surface area contributed by atoms with Crippen LogP contribution < -0.4 is 5.73 Å². The molecule has 0 aromatic carbocycles. The highest BCUT2D eigenvalue weighted by atomic mass is 16.5. The van der Waals surface area contributed by atoms with Gasteiger partial charge in [0.25, 0.3) is 0 Å². The first-order chi connectivity index (χ1) is 6.58. The molecule has 80 valence electrons. The molecule has 0 aromatic rings. The van der Waals surface area contributed by atoms with Crippen molar-refractivity contribution in [3.05, 3.63) is 0 Å². The molecule has 0 radical (unpaired) electrons. The molecular weight excluding hydrogens is 180 g/mol. The quantitative estimate of drug-likeness (QED) is 0.608. The first-order valence-corrected chi connectivity index (χ1v) is 5.22. The number of esters is 1. The molecule has 0 amide bonds. The Morgan fingerprint density at radius 3 is 2.79 bits per heavy atom. The van der Waals surface area contributed by atoms with Crippen molar-refractivity contribution >= 4 is 5.97 Å².